The van der Waals surface area contributed by atoms with Gasteiger partial charge in [0.1, 0.15) is 17.2 Å². The summed E-state index contributed by atoms with van der Waals surface area (Å²) in [4.78, 5) is 12.2. The zero-order valence-corrected chi connectivity index (χ0v) is 15.3. The minimum Gasteiger partial charge on any atom is -0.497 e. The largest absolute Gasteiger partial charge is 0.497 e. The molecule has 0 atom stereocenters. The highest BCUT2D eigenvalue weighted by Crippen LogP contribution is 2.23. The highest BCUT2D eigenvalue weighted by Gasteiger charge is 2.10. The van der Waals surface area contributed by atoms with Gasteiger partial charge in [-0.25, -0.2) is 5.43 Å². The molecule has 1 aromatic heterocycles. The summed E-state index contributed by atoms with van der Waals surface area (Å²) in [7, 11) is 3.14. The third kappa shape index (κ3) is 4.33. The van der Waals surface area contributed by atoms with E-state index < -0.39 is 0 Å². The molecule has 27 heavy (non-hydrogen) atoms. The van der Waals surface area contributed by atoms with Crippen LogP contribution in [0.25, 0.3) is 11.3 Å². The number of hydrogen-bond acceptors (Lipinski definition) is 5. The summed E-state index contributed by atoms with van der Waals surface area (Å²) in [6, 6.07) is 14.9. The van der Waals surface area contributed by atoms with Gasteiger partial charge >= 0.3 is 0 Å². The maximum absolute atomic E-state index is 12.2. The molecule has 0 aliphatic carbocycles. The quantitative estimate of drug-likeness (QED) is 0.519. The third-order valence-corrected chi connectivity index (χ3v) is 3.98. The summed E-state index contributed by atoms with van der Waals surface area (Å²) < 4.78 is 10.4. The molecule has 7 nitrogen and oxygen atoms in total. The molecule has 3 aromatic rings. The number of H-pyrrole nitrogens is 1. The highest BCUT2D eigenvalue weighted by atomic mass is 16.5. The number of carbonyl (C=O) groups is 1. The summed E-state index contributed by atoms with van der Waals surface area (Å²) in [6.45, 7) is 2.02. The van der Waals surface area contributed by atoms with Crippen molar-refractivity contribution in [3.8, 4) is 22.8 Å². The van der Waals surface area contributed by atoms with E-state index in [4.69, 9.17) is 9.47 Å². The van der Waals surface area contributed by atoms with Crippen molar-refractivity contribution in [2.24, 2.45) is 5.10 Å². The first-order chi connectivity index (χ1) is 13.1. The summed E-state index contributed by atoms with van der Waals surface area (Å²) in [5.74, 6) is 0.884. The van der Waals surface area contributed by atoms with Crippen LogP contribution in [0.5, 0.6) is 11.5 Å². The molecule has 0 saturated carbocycles. The highest BCUT2D eigenvalue weighted by molar-refractivity contribution is 5.94. The number of carbonyl (C=O) groups excluding carboxylic acids is 1. The maximum Gasteiger partial charge on any atom is 0.289 e. The number of aryl methyl sites for hydroxylation is 1. The predicted molar refractivity (Wildman–Crippen MR) is 103 cm³/mol. The summed E-state index contributed by atoms with van der Waals surface area (Å²) >= 11 is 0. The first kappa shape index (κ1) is 18.2. The summed E-state index contributed by atoms with van der Waals surface area (Å²) in [5, 5.41) is 10.9. The van der Waals surface area contributed by atoms with E-state index in [1.165, 1.54) is 6.21 Å². The van der Waals surface area contributed by atoms with Crippen LogP contribution in [0.15, 0.2) is 53.6 Å². The van der Waals surface area contributed by atoms with Crippen LogP contribution in [0.4, 0.5) is 0 Å². The molecule has 2 aromatic carbocycles. The molecule has 0 aliphatic rings. The number of rotatable bonds is 6. The van der Waals surface area contributed by atoms with E-state index >= 15 is 0 Å². The molecule has 1 heterocycles. The Morgan fingerprint density at radius 3 is 2.59 bits per heavy atom. The van der Waals surface area contributed by atoms with Gasteiger partial charge in [-0.15, -0.1) is 0 Å². The minimum absolute atomic E-state index is 0.324. The number of ether oxygens (including phenoxy) is 2. The zero-order chi connectivity index (χ0) is 19.2. The van der Waals surface area contributed by atoms with Crippen LogP contribution in [0.2, 0.25) is 0 Å². The Bertz CT molecular complexity index is 962. The van der Waals surface area contributed by atoms with Crippen LogP contribution in [0.3, 0.4) is 0 Å². The standard InChI is InChI=1S/C20H20N4O3/c1-13-4-6-14(7-5-13)17-11-18(23-22-17)20(25)24-21-12-15-8-9-16(26-2)10-19(15)27-3/h4-12H,1-3H3,(H,22,23)(H,24,25)/b21-12+. The van der Waals surface area contributed by atoms with E-state index in [9.17, 15) is 4.79 Å². The van der Waals surface area contributed by atoms with Crippen molar-refractivity contribution in [1.29, 1.82) is 0 Å². The molecule has 0 fully saturated rings. The number of nitrogens with one attached hydrogen (secondary N) is 2. The van der Waals surface area contributed by atoms with E-state index in [-0.39, 0.29) is 5.91 Å². The van der Waals surface area contributed by atoms with Crippen molar-refractivity contribution < 1.29 is 14.3 Å². The van der Waals surface area contributed by atoms with Crippen molar-refractivity contribution in [2.45, 2.75) is 6.92 Å². The zero-order valence-electron chi connectivity index (χ0n) is 15.3. The molecule has 7 heteroatoms. The topological polar surface area (TPSA) is 88.6 Å². The Kier molecular flexibility index (Phi) is 5.51. The number of benzene rings is 2. The van der Waals surface area contributed by atoms with E-state index in [1.54, 1.807) is 38.5 Å². The lowest BCUT2D eigenvalue weighted by atomic mass is 10.1. The van der Waals surface area contributed by atoms with Crippen LogP contribution >= 0.6 is 0 Å². The number of hydrazone groups is 1. The van der Waals surface area contributed by atoms with E-state index in [1.807, 2.05) is 31.2 Å². The normalized spacial score (nSPS) is 10.8. The second-order valence-corrected chi connectivity index (χ2v) is 5.84. The van der Waals surface area contributed by atoms with Gasteiger partial charge < -0.3 is 9.47 Å². The average molecular weight is 364 g/mol. The van der Waals surface area contributed by atoms with Crippen molar-refractivity contribution in [1.82, 2.24) is 15.6 Å². The minimum atomic E-state index is -0.385. The molecule has 1 amide bonds. The first-order valence-electron chi connectivity index (χ1n) is 8.28. The van der Waals surface area contributed by atoms with E-state index in [0.29, 0.717) is 28.5 Å². The van der Waals surface area contributed by atoms with Crippen LogP contribution in [-0.4, -0.2) is 36.5 Å². The van der Waals surface area contributed by atoms with E-state index in [2.05, 4.69) is 20.7 Å². The van der Waals surface area contributed by atoms with Crippen LogP contribution in [0, 0.1) is 6.92 Å². The van der Waals surface area contributed by atoms with Gasteiger partial charge in [0.25, 0.3) is 5.91 Å². The molecular formula is C20H20N4O3. The smallest absolute Gasteiger partial charge is 0.289 e. The molecule has 0 bridgehead atoms. The number of hydrogen-bond donors (Lipinski definition) is 2. The third-order valence-electron chi connectivity index (χ3n) is 3.98. The fraction of sp³-hybridized carbons (Fsp3) is 0.150. The number of nitrogens with zero attached hydrogens (tertiary/aromatic N) is 2. The molecule has 0 radical (unpaired) electrons. The van der Waals surface area contributed by atoms with Gasteiger partial charge in [-0.3, -0.25) is 9.89 Å². The second kappa shape index (κ2) is 8.18. The van der Waals surface area contributed by atoms with Crippen molar-refractivity contribution in [3.63, 3.8) is 0 Å². The number of aromatic nitrogens is 2. The second-order valence-electron chi connectivity index (χ2n) is 5.84. The van der Waals surface area contributed by atoms with Crippen LogP contribution in [-0.2, 0) is 0 Å². The summed E-state index contributed by atoms with van der Waals surface area (Å²) in [6.07, 6.45) is 1.51. The van der Waals surface area contributed by atoms with Crippen LogP contribution < -0.4 is 14.9 Å². The monoisotopic (exact) mass is 364 g/mol. The first-order valence-corrected chi connectivity index (χ1v) is 8.28. The Hall–Kier alpha value is -3.61. The molecular weight excluding hydrogens is 344 g/mol. The fourth-order valence-corrected chi connectivity index (χ4v) is 2.46. The molecule has 0 unspecified atom stereocenters. The maximum atomic E-state index is 12.2. The molecule has 138 valence electrons. The van der Waals surface area contributed by atoms with Crippen LogP contribution in [0.1, 0.15) is 21.6 Å². The van der Waals surface area contributed by atoms with Gasteiger partial charge in [-0.1, -0.05) is 29.8 Å². The van der Waals surface area contributed by atoms with Gasteiger partial charge in [0.2, 0.25) is 0 Å². The Morgan fingerprint density at radius 1 is 1.11 bits per heavy atom. The SMILES string of the molecule is COc1ccc(/C=N/NC(=O)c2cc(-c3ccc(C)cc3)n[nH]2)c(OC)c1. The molecule has 2 N–H and O–H groups in total. The molecule has 0 spiro atoms. The Labute approximate surface area is 157 Å². The van der Waals surface area contributed by atoms with E-state index in [0.717, 1.165) is 11.1 Å². The predicted octanol–water partition coefficient (Wildman–Crippen LogP) is 3.17. The molecule has 0 saturated heterocycles. The Balaban J connectivity index is 1.68. The average Bonchev–Trinajstić information content (AvgIpc) is 3.19. The van der Waals surface area contributed by atoms with Gasteiger partial charge in [-0.2, -0.15) is 10.2 Å². The lowest BCUT2D eigenvalue weighted by Crippen LogP contribution is -2.18. The van der Waals surface area contributed by atoms with Gasteiger partial charge in [0.05, 0.1) is 26.1 Å². The van der Waals surface area contributed by atoms with Gasteiger partial charge in [0, 0.05) is 17.2 Å². The Morgan fingerprint density at radius 2 is 1.89 bits per heavy atom. The lowest BCUT2D eigenvalue weighted by Gasteiger charge is -2.06. The molecule has 3 rings (SSSR count). The lowest BCUT2D eigenvalue weighted by molar-refractivity contribution is 0.0950. The number of methoxy groups -OCH3 is 2. The summed E-state index contributed by atoms with van der Waals surface area (Å²) in [5.41, 5.74) is 6.30. The number of amides is 1. The molecule has 0 aliphatic heterocycles. The van der Waals surface area contributed by atoms with Gasteiger partial charge in [0.15, 0.2) is 0 Å². The van der Waals surface area contributed by atoms with Crippen molar-refractivity contribution in [2.75, 3.05) is 14.2 Å². The fourth-order valence-electron chi connectivity index (χ4n) is 2.46. The van der Waals surface area contributed by atoms with Gasteiger partial charge in [-0.05, 0) is 25.1 Å². The van der Waals surface area contributed by atoms with Crippen molar-refractivity contribution in [3.05, 3.63) is 65.4 Å². The van der Waals surface area contributed by atoms with Crippen molar-refractivity contribution >= 4 is 12.1 Å². The number of aromatic amines is 1.